The number of fused-ring (bicyclic) bond motifs is 2. The Balaban J connectivity index is 1.87. The van der Waals surface area contributed by atoms with E-state index in [0.29, 0.717) is 33.6 Å². The Morgan fingerprint density at radius 1 is 0.871 bits per heavy atom. The molecule has 7 heteroatoms. The number of rotatable bonds is 3. The summed E-state index contributed by atoms with van der Waals surface area (Å²) in [6.45, 7) is 0. The van der Waals surface area contributed by atoms with Crippen LogP contribution in [0.15, 0.2) is 48.8 Å². The largest absolute Gasteiger partial charge is 0.497 e. The van der Waals surface area contributed by atoms with Crippen LogP contribution in [-0.4, -0.2) is 28.1 Å². The average Bonchev–Trinajstić information content (AvgIpc) is 3.37. The van der Waals surface area contributed by atoms with Crippen molar-refractivity contribution in [1.29, 1.82) is 5.26 Å². The molecule has 0 radical (unpaired) electrons. The highest BCUT2D eigenvalue weighted by atomic mass is 16.5. The molecule has 1 aliphatic rings. The zero-order valence-electron chi connectivity index (χ0n) is 17.2. The first kappa shape index (κ1) is 18.7. The van der Waals surface area contributed by atoms with Crippen molar-refractivity contribution in [3.05, 3.63) is 65.5 Å². The maximum atomic E-state index is 13.0. The van der Waals surface area contributed by atoms with Crippen LogP contribution < -0.4 is 10.1 Å². The van der Waals surface area contributed by atoms with Crippen molar-refractivity contribution in [1.82, 2.24) is 14.5 Å². The van der Waals surface area contributed by atoms with Crippen LogP contribution in [0.2, 0.25) is 0 Å². The molecule has 0 atom stereocenters. The number of hydrogen-bond acceptors (Lipinski definition) is 4. The zero-order valence-corrected chi connectivity index (χ0v) is 17.2. The van der Waals surface area contributed by atoms with E-state index in [4.69, 9.17) is 4.74 Å². The molecule has 5 rings (SSSR count). The quantitative estimate of drug-likeness (QED) is 0.526. The molecule has 1 aliphatic heterocycles. The molecule has 2 amide bonds. The van der Waals surface area contributed by atoms with Gasteiger partial charge in [-0.1, -0.05) is 0 Å². The number of methoxy groups -OCH3 is 1. The minimum Gasteiger partial charge on any atom is -0.497 e. The molecule has 0 aliphatic carbocycles. The summed E-state index contributed by atoms with van der Waals surface area (Å²) in [5.41, 5.74) is 4.17. The third-order valence-corrected chi connectivity index (χ3v) is 5.79. The number of ether oxygens (including phenoxy) is 1. The van der Waals surface area contributed by atoms with Crippen LogP contribution in [0.4, 0.5) is 0 Å². The van der Waals surface area contributed by atoms with Crippen LogP contribution >= 0.6 is 0 Å². The van der Waals surface area contributed by atoms with E-state index in [1.54, 1.807) is 19.2 Å². The van der Waals surface area contributed by atoms with E-state index in [0.717, 1.165) is 21.8 Å². The van der Waals surface area contributed by atoms with E-state index >= 15 is 0 Å². The second kappa shape index (κ2) is 6.61. The summed E-state index contributed by atoms with van der Waals surface area (Å²) in [5.74, 6) is -0.228. The average molecular weight is 410 g/mol. The number of hydrogen-bond donors (Lipinski definition) is 1. The number of nitrogens with zero attached hydrogens (tertiary/aromatic N) is 3. The van der Waals surface area contributed by atoms with Crippen molar-refractivity contribution >= 4 is 44.8 Å². The zero-order chi connectivity index (χ0) is 21.9. The van der Waals surface area contributed by atoms with Crippen molar-refractivity contribution < 1.29 is 14.3 Å². The van der Waals surface area contributed by atoms with Gasteiger partial charge in [0, 0.05) is 59.4 Å². The highest BCUT2D eigenvalue weighted by Crippen LogP contribution is 2.39. The van der Waals surface area contributed by atoms with E-state index in [1.807, 2.05) is 59.9 Å². The van der Waals surface area contributed by atoms with Crippen LogP contribution in [0.5, 0.6) is 5.75 Å². The normalized spacial score (nSPS) is 13.9. The Morgan fingerprint density at radius 2 is 1.42 bits per heavy atom. The molecule has 0 saturated heterocycles. The topological polar surface area (TPSA) is 89.1 Å². The van der Waals surface area contributed by atoms with E-state index in [9.17, 15) is 14.9 Å². The van der Waals surface area contributed by atoms with Gasteiger partial charge >= 0.3 is 0 Å². The lowest BCUT2D eigenvalue weighted by Gasteiger charge is -2.04. The molecule has 0 saturated carbocycles. The summed E-state index contributed by atoms with van der Waals surface area (Å²) in [6.07, 6.45) is 3.68. The number of aromatic nitrogens is 2. The molecular formula is C24H18N4O3. The highest BCUT2D eigenvalue weighted by Gasteiger charge is 2.35. The molecule has 152 valence electrons. The maximum absolute atomic E-state index is 13.0. The summed E-state index contributed by atoms with van der Waals surface area (Å²) in [6, 6.07) is 13.1. The summed E-state index contributed by atoms with van der Waals surface area (Å²) in [7, 11) is 5.35. The van der Waals surface area contributed by atoms with Gasteiger partial charge in [-0.3, -0.25) is 14.9 Å². The number of imide groups is 1. The van der Waals surface area contributed by atoms with E-state index in [-0.39, 0.29) is 0 Å². The fraction of sp³-hybridized carbons (Fsp3) is 0.125. The first-order valence-electron chi connectivity index (χ1n) is 9.66. The Hall–Kier alpha value is -4.31. The molecule has 2 aromatic heterocycles. The number of benzene rings is 2. The van der Waals surface area contributed by atoms with Gasteiger partial charge in [-0.2, -0.15) is 5.26 Å². The number of amides is 2. The van der Waals surface area contributed by atoms with Crippen molar-refractivity contribution in [3.63, 3.8) is 0 Å². The van der Waals surface area contributed by atoms with Crippen LogP contribution in [0, 0.1) is 11.3 Å². The Kier molecular flexibility index (Phi) is 3.99. The Bertz CT molecular complexity index is 1510. The van der Waals surface area contributed by atoms with Crippen LogP contribution in [0.1, 0.15) is 16.7 Å². The third kappa shape index (κ3) is 2.66. The number of carbonyl (C=O) groups excluding carboxylic acids is 2. The van der Waals surface area contributed by atoms with Crippen molar-refractivity contribution in [2.24, 2.45) is 14.1 Å². The second-order valence-electron chi connectivity index (χ2n) is 7.57. The molecule has 31 heavy (non-hydrogen) atoms. The SMILES string of the molecule is COc1ccc2c(c1)c(C1=C(c3cn(C)c4ccc(C#N)cc34)C(=O)NC1=O)cn2C. The lowest BCUT2D eigenvalue weighted by Crippen LogP contribution is -2.22. The molecule has 0 fully saturated rings. The van der Waals surface area contributed by atoms with Gasteiger partial charge in [0.2, 0.25) is 0 Å². The van der Waals surface area contributed by atoms with Crippen LogP contribution in [0.3, 0.4) is 0 Å². The molecule has 4 aromatic rings. The smallest absolute Gasteiger partial charge is 0.259 e. The van der Waals surface area contributed by atoms with Crippen molar-refractivity contribution in [2.45, 2.75) is 0 Å². The summed E-state index contributed by atoms with van der Waals surface area (Å²) in [5, 5.41) is 13.4. The first-order valence-corrected chi connectivity index (χ1v) is 9.66. The van der Waals surface area contributed by atoms with Gasteiger partial charge in [0.25, 0.3) is 11.8 Å². The minimum absolute atomic E-state index is 0.306. The monoisotopic (exact) mass is 410 g/mol. The van der Waals surface area contributed by atoms with Gasteiger partial charge in [-0.25, -0.2) is 0 Å². The minimum atomic E-state index is -0.449. The van der Waals surface area contributed by atoms with Gasteiger partial charge in [0.15, 0.2) is 0 Å². The molecule has 0 bridgehead atoms. The van der Waals surface area contributed by atoms with E-state index in [1.165, 1.54) is 0 Å². The molecule has 0 unspecified atom stereocenters. The van der Waals surface area contributed by atoms with Gasteiger partial charge in [0.1, 0.15) is 5.75 Å². The number of aryl methyl sites for hydroxylation is 2. The Morgan fingerprint density at radius 3 is 1.97 bits per heavy atom. The molecule has 0 spiro atoms. The second-order valence-corrected chi connectivity index (χ2v) is 7.57. The molecule has 7 nitrogen and oxygen atoms in total. The van der Waals surface area contributed by atoms with Gasteiger partial charge in [-0.05, 0) is 36.4 Å². The van der Waals surface area contributed by atoms with Gasteiger partial charge in [-0.15, -0.1) is 0 Å². The number of nitriles is 1. The summed E-state index contributed by atoms with van der Waals surface area (Å²) < 4.78 is 9.17. The van der Waals surface area contributed by atoms with Crippen molar-refractivity contribution in [3.8, 4) is 11.8 Å². The predicted octanol–water partition coefficient (Wildman–Crippen LogP) is 3.12. The lowest BCUT2D eigenvalue weighted by atomic mass is 9.95. The molecule has 1 N–H and O–H groups in total. The highest BCUT2D eigenvalue weighted by molar-refractivity contribution is 6.50. The molecule has 3 heterocycles. The van der Waals surface area contributed by atoms with E-state index < -0.39 is 11.8 Å². The lowest BCUT2D eigenvalue weighted by molar-refractivity contribution is -0.122. The first-order chi connectivity index (χ1) is 14.9. The van der Waals surface area contributed by atoms with Gasteiger partial charge in [0.05, 0.1) is 29.9 Å². The van der Waals surface area contributed by atoms with Crippen molar-refractivity contribution in [2.75, 3.05) is 7.11 Å². The van der Waals surface area contributed by atoms with Crippen LogP contribution in [-0.2, 0) is 23.7 Å². The number of carbonyl (C=O) groups is 2. The standard InChI is InChI=1S/C24H18N4O3/c1-27-11-17(15-8-13(10-25)4-6-19(15)27)21-22(24(30)26-23(21)29)18-12-28(2)20-7-5-14(31-3)9-16(18)20/h4-9,11-12H,1-3H3,(H,26,29,30). The third-order valence-electron chi connectivity index (χ3n) is 5.79. The number of nitrogens with one attached hydrogen (secondary N) is 1. The maximum Gasteiger partial charge on any atom is 0.259 e. The fourth-order valence-corrected chi connectivity index (χ4v) is 4.33. The van der Waals surface area contributed by atoms with E-state index in [2.05, 4.69) is 11.4 Å². The van der Waals surface area contributed by atoms with Gasteiger partial charge < -0.3 is 13.9 Å². The van der Waals surface area contributed by atoms with Crippen LogP contribution in [0.25, 0.3) is 33.0 Å². The fourth-order valence-electron chi connectivity index (χ4n) is 4.33. The summed E-state index contributed by atoms with van der Waals surface area (Å²) in [4.78, 5) is 25.9. The summed E-state index contributed by atoms with van der Waals surface area (Å²) >= 11 is 0. The predicted molar refractivity (Wildman–Crippen MR) is 117 cm³/mol. The molecular weight excluding hydrogens is 392 g/mol. The Labute approximate surface area is 177 Å². The molecule has 2 aromatic carbocycles.